The highest BCUT2D eigenvalue weighted by molar-refractivity contribution is 5.91. The van der Waals surface area contributed by atoms with Crippen molar-refractivity contribution in [2.45, 2.75) is 19.0 Å². The highest BCUT2D eigenvalue weighted by Gasteiger charge is 2.32. The number of pyridine rings is 1. The molecule has 36 heavy (non-hydrogen) atoms. The lowest BCUT2D eigenvalue weighted by molar-refractivity contribution is -0.138. The number of nitrogens with zero attached hydrogens (tertiary/aromatic N) is 4. The van der Waals surface area contributed by atoms with Gasteiger partial charge in [-0.2, -0.15) is 13.2 Å². The summed E-state index contributed by atoms with van der Waals surface area (Å²) in [5, 5.41) is 2.60. The van der Waals surface area contributed by atoms with Gasteiger partial charge in [-0.05, 0) is 29.7 Å². The van der Waals surface area contributed by atoms with Gasteiger partial charge in [0.2, 0.25) is 5.82 Å². The summed E-state index contributed by atoms with van der Waals surface area (Å²) < 4.78 is 44.9. The first kappa shape index (κ1) is 23.9. The fourth-order valence-corrected chi connectivity index (χ4v) is 4.44. The third-order valence-electron chi connectivity index (χ3n) is 6.29. The molecule has 186 valence electrons. The summed E-state index contributed by atoms with van der Waals surface area (Å²) in [5.41, 5.74) is 4.18. The van der Waals surface area contributed by atoms with Crippen molar-refractivity contribution in [1.82, 2.24) is 20.3 Å². The zero-order valence-corrected chi connectivity index (χ0v) is 19.4. The Morgan fingerprint density at radius 2 is 1.81 bits per heavy atom. The van der Waals surface area contributed by atoms with Crippen molar-refractivity contribution < 1.29 is 22.7 Å². The van der Waals surface area contributed by atoms with Crippen LogP contribution in [0.3, 0.4) is 0 Å². The third kappa shape index (κ3) is 5.08. The summed E-state index contributed by atoms with van der Waals surface area (Å²) >= 11 is 0. The normalized spacial score (nSPS) is 15.4. The van der Waals surface area contributed by atoms with E-state index in [0.717, 1.165) is 47.2 Å². The van der Waals surface area contributed by atoms with Gasteiger partial charge in [0, 0.05) is 49.6 Å². The smallest absolute Gasteiger partial charge is 0.378 e. The molecular formula is C26H24F3N5O2. The first-order valence-corrected chi connectivity index (χ1v) is 11.7. The molecule has 0 atom stereocenters. The molecule has 0 saturated carbocycles. The maximum atomic E-state index is 13.2. The van der Waals surface area contributed by atoms with Crippen LogP contribution in [0.25, 0.3) is 5.57 Å². The van der Waals surface area contributed by atoms with Gasteiger partial charge in [-0.3, -0.25) is 9.78 Å². The first-order chi connectivity index (χ1) is 17.4. The second kappa shape index (κ2) is 10.1. The van der Waals surface area contributed by atoms with Gasteiger partial charge in [-0.25, -0.2) is 9.97 Å². The largest absolute Gasteiger partial charge is 0.416 e. The molecule has 0 radical (unpaired) electrons. The number of amides is 1. The van der Waals surface area contributed by atoms with Crippen molar-refractivity contribution in [1.29, 1.82) is 0 Å². The summed E-state index contributed by atoms with van der Waals surface area (Å²) in [4.78, 5) is 27.7. The van der Waals surface area contributed by atoms with E-state index in [1.54, 1.807) is 18.5 Å². The van der Waals surface area contributed by atoms with Crippen LogP contribution < -0.4 is 10.2 Å². The maximum absolute atomic E-state index is 13.2. The highest BCUT2D eigenvalue weighted by Crippen LogP contribution is 2.34. The minimum Gasteiger partial charge on any atom is -0.378 e. The van der Waals surface area contributed by atoms with E-state index >= 15 is 0 Å². The van der Waals surface area contributed by atoms with E-state index in [0.29, 0.717) is 19.6 Å². The van der Waals surface area contributed by atoms with Crippen LogP contribution in [0.4, 0.5) is 18.9 Å². The minimum atomic E-state index is -4.44. The second-order valence-electron chi connectivity index (χ2n) is 8.57. The van der Waals surface area contributed by atoms with Crippen molar-refractivity contribution in [3.05, 3.63) is 88.8 Å². The molecule has 0 bridgehead atoms. The maximum Gasteiger partial charge on any atom is 0.416 e. The average molecular weight is 496 g/mol. The predicted molar refractivity (Wildman–Crippen MR) is 128 cm³/mol. The second-order valence-corrected chi connectivity index (χ2v) is 8.57. The molecule has 2 aromatic heterocycles. The van der Waals surface area contributed by atoms with Crippen molar-refractivity contribution >= 4 is 17.2 Å². The van der Waals surface area contributed by atoms with Crippen LogP contribution in [0.1, 0.15) is 38.6 Å². The number of benzene rings is 1. The van der Waals surface area contributed by atoms with Crippen LogP contribution in [0.5, 0.6) is 0 Å². The van der Waals surface area contributed by atoms with Crippen molar-refractivity contribution in [2.24, 2.45) is 0 Å². The number of carbonyl (C=O) groups excluding carboxylic acids is 1. The quantitative estimate of drug-likeness (QED) is 0.562. The fourth-order valence-electron chi connectivity index (χ4n) is 4.44. The number of ether oxygens (including phenoxy) is 1. The number of hydrogen-bond acceptors (Lipinski definition) is 6. The van der Waals surface area contributed by atoms with Crippen LogP contribution in [0, 0.1) is 0 Å². The van der Waals surface area contributed by atoms with Gasteiger partial charge in [0.15, 0.2) is 0 Å². The molecule has 1 aliphatic heterocycles. The molecule has 0 spiro atoms. The Morgan fingerprint density at radius 3 is 2.56 bits per heavy atom. The first-order valence-electron chi connectivity index (χ1n) is 11.7. The van der Waals surface area contributed by atoms with Gasteiger partial charge >= 0.3 is 6.18 Å². The Morgan fingerprint density at radius 1 is 1.06 bits per heavy atom. The monoisotopic (exact) mass is 495 g/mol. The topological polar surface area (TPSA) is 80.2 Å². The molecule has 0 unspecified atom stereocenters. The predicted octanol–water partition coefficient (Wildman–Crippen LogP) is 3.69. The number of fused-ring (bicyclic) bond motifs is 1. The van der Waals surface area contributed by atoms with Crippen molar-refractivity contribution in [3.63, 3.8) is 0 Å². The molecule has 1 amide bonds. The molecule has 1 N–H and O–H groups in total. The van der Waals surface area contributed by atoms with Crippen molar-refractivity contribution in [2.75, 3.05) is 37.7 Å². The van der Waals surface area contributed by atoms with E-state index in [-0.39, 0.29) is 24.4 Å². The van der Waals surface area contributed by atoms with E-state index < -0.39 is 17.6 Å². The van der Waals surface area contributed by atoms with Gasteiger partial charge in [-0.15, -0.1) is 0 Å². The Kier molecular flexibility index (Phi) is 6.69. The van der Waals surface area contributed by atoms with E-state index in [2.05, 4.69) is 37.3 Å². The Labute approximate surface area is 206 Å². The van der Waals surface area contributed by atoms with Gasteiger partial charge in [0.1, 0.15) is 0 Å². The van der Waals surface area contributed by atoms with Crippen LogP contribution in [0.2, 0.25) is 0 Å². The molecule has 2 aliphatic rings. The number of nitrogens with one attached hydrogen (secondary N) is 1. The lowest BCUT2D eigenvalue weighted by atomic mass is 10.0. The summed E-state index contributed by atoms with van der Waals surface area (Å²) in [6.45, 7) is 3.03. The van der Waals surface area contributed by atoms with Gasteiger partial charge in [0.05, 0.1) is 36.4 Å². The molecule has 1 aliphatic carbocycles. The average Bonchev–Trinajstić information content (AvgIpc) is 3.32. The molecule has 1 aromatic carbocycles. The number of anilines is 1. The van der Waals surface area contributed by atoms with Crippen LogP contribution in [-0.4, -0.2) is 53.7 Å². The fraction of sp³-hybridized carbons (Fsp3) is 0.308. The third-order valence-corrected chi connectivity index (χ3v) is 6.29. The molecular weight excluding hydrogens is 471 g/mol. The lowest BCUT2D eigenvalue weighted by Gasteiger charge is -2.29. The summed E-state index contributed by atoms with van der Waals surface area (Å²) in [7, 11) is 0. The van der Waals surface area contributed by atoms with Gasteiger partial charge < -0.3 is 15.0 Å². The molecule has 1 fully saturated rings. The van der Waals surface area contributed by atoms with E-state index in [1.165, 1.54) is 12.1 Å². The van der Waals surface area contributed by atoms with Crippen LogP contribution >= 0.6 is 0 Å². The van der Waals surface area contributed by atoms with Gasteiger partial charge in [-0.1, -0.05) is 24.3 Å². The molecule has 3 aromatic rings. The summed E-state index contributed by atoms with van der Waals surface area (Å²) in [6, 6.07) is 7.45. The molecule has 7 nitrogen and oxygen atoms in total. The molecule has 5 rings (SSSR count). The number of halogens is 3. The van der Waals surface area contributed by atoms with E-state index in [1.807, 2.05) is 6.20 Å². The number of morpholine rings is 1. The van der Waals surface area contributed by atoms with Crippen LogP contribution in [0.15, 0.2) is 55.0 Å². The number of rotatable bonds is 6. The molecule has 1 saturated heterocycles. The Hall–Kier alpha value is -3.79. The SMILES string of the molecule is O=C(NCCc1ccccc1C(F)(F)F)c1ncc(C2=CCc3ncc(N4CCOCC4)cc32)cn1. The molecule has 10 heteroatoms. The summed E-state index contributed by atoms with van der Waals surface area (Å²) in [6.07, 6.45) is 3.44. The Balaban J connectivity index is 1.23. The van der Waals surface area contributed by atoms with E-state index in [9.17, 15) is 18.0 Å². The minimum absolute atomic E-state index is 0.0333. The van der Waals surface area contributed by atoms with E-state index in [4.69, 9.17) is 4.74 Å². The zero-order valence-electron chi connectivity index (χ0n) is 19.4. The number of hydrogen-bond donors (Lipinski definition) is 1. The molecule has 3 heterocycles. The zero-order chi connectivity index (χ0) is 25.1. The number of alkyl halides is 3. The number of aromatic nitrogens is 3. The Bertz CT molecular complexity index is 1290. The van der Waals surface area contributed by atoms with Crippen molar-refractivity contribution in [3.8, 4) is 0 Å². The number of allylic oxidation sites excluding steroid dienone is 1. The standard InChI is InChI=1S/C26H24F3N5O2/c27-26(28,29)22-4-2-1-3-17(22)7-8-30-25(35)24-32-14-18(15-33-24)20-5-6-23-21(20)13-19(16-31-23)34-9-11-36-12-10-34/h1-5,13-16H,6-12H2,(H,30,35). The van der Waals surface area contributed by atoms with Gasteiger partial charge in [0.25, 0.3) is 5.91 Å². The highest BCUT2D eigenvalue weighted by atomic mass is 19.4. The number of carbonyl (C=O) groups is 1. The summed E-state index contributed by atoms with van der Waals surface area (Å²) in [5.74, 6) is -0.579. The lowest BCUT2D eigenvalue weighted by Crippen LogP contribution is -2.36. The van der Waals surface area contributed by atoms with Crippen LogP contribution in [-0.2, 0) is 23.8 Å².